The van der Waals surface area contributed by atoms with Gasteiger partial charge in [0.25, 0.3) is 5.97 Å². The summed E-state index contributed by atoms with van der Waals surface area (Å²) in [7, 11) is 1.38. The van der Waals surface area contributed by atoms with E-state index in [1.807, 2.05) is 92.4 Å². The van der Waals surface area contributed by atoms with Crippen LogP contribution in [0.1, 0.15) is 141 Å². The zero-order valence-electron chi connectivity index (χ0n) is 51.2. The molecule has 6 aromatic rings. The van der Waals surface area contributed by atoms with Crippen molar-refractivity contribution in [2.75, 3.05) is 47.0 Å². The third-order valence-corrected chi connectivity index (χ3v) is 16.6. The first-order valence-electron chi connectivity index (χ1n) is 30.4. The van der Waals surface area contributed by atoms with Crippen molar-refractivity contribution in [2.24, 2.45) is 0 Å². The molecule has 16 nitrogen and oxygen atoms in total. The zero-order valence-corrected chi connectivity index (χ0v) is 52.2. The lowest BCUT2D eigenvalue weighted by Crippen LogP contribution is -2.33. The van der Waals surface area contributed by atoms with Gasteiger partial charge in [-0.3, -0.25) is 38.4 Å². The number of carbonyl (C=O) groups is 8. The van der Waals surface area contributed by atoms with Gasteiger partial charge in [-0.2, -0.15) is 0 Å². The lowest BCUT2D eigenvalue weighted by molar-refractivity contribution is -0.145. The van der Waals surface area contributed by atoms with E-state index in [9.17, 15) is 38.4 Å². The van der Waals surface area contributed by atoms with E-state index < -0.39 is 20.3 Å². The minimum absolute atomic E-state index is 0.0339. The summed E-state index contributed by atoms with van der Waals surface area (Å²) >= 11 is 0. The molecular formula is C71H82N2O14Si. The lowest BCUT2D eigenvalue weighted by atomic mass is 9.98. The second kappa shape index (κ2) is 32.9. The van der Waals surface area contributed by atoms with Gasteiger partial charge in [0.1, 0.15) is 19.8 Å². The van der Waals surface area contributed by atoms with Crippen molar-refractivity contribution in [3.8, 4) is 33.4 Å². The fourth-order valence-corrected chi connectivity index (χ4v) is 12.0. The molecule has 3 aliphatic carbocycles. The normalized spacial score (nSPS) is 12.4. The van der Waals surface area contributed by atoms with E-state index in [1.165, 1.54) is 71.7 Å². The summed E-state index contributed by atoms with van der Waals surface area (Å²) in [5.74, 6) is -2.74. The van der Waals surface area contributed by atoms with Crippen LogP contribution in [0.25, 0.3) is 33.4 Å². The molecule has 0 fully saturated rings. The van der Waals surface area contributed by atoms with Crippen LogP contribution in [0.15, 0.2) is 146 Å². The summed E-state index contributed by atoms with van der Waals surface area (Å²) in [4.78, 5) is 96.5. The number of carboxylic acids is 2. The van der Waals surface area contributed by atoms with Crippen LogP contribution in [-0.4, -0.2) is 123 Å². The quantitative estimate of drug-likeness (QED) is 0.0202. The SMILES string of the molecule is CN(CCC(=O)O)C(=O)CCCCC(=O)OCC1c2ccccc2-c2ccccc21.CN(CCC(=O)O[Si](C)(C)C)C(=O)CCCCC(=O)OCC1c2ccccc2-c2ccccc21.O=C(O)CCCCC(=O)OCC1c2ccccc2-c2ccccc21. The number of unbranched alkanes of at least 4 members (excludes halogenated alkanes) is 3. The van der Waals surface area contributed by atoms with Gasteiger partial charge in [0.2, 0.25) is 20.1 Å². The van der Waals surface area contributed by atoms with Crippen LogP contribution in [0, 0.1) is 0 Å². The van der Waals surface area contributed by atoms with E-state index in [0.717, 1.165) is 0 Å². The van der Waals surface area contributed by atoms with Gasteiger partial charge in [0, 0.05) is 83.5 Å². The first-order chi connectivity index (χ1) is 42.3. The smallest absolute Gasteiger partial charge is 0.305 e. The number of benzene rings is 6. The van der Waals surface area contributed by atoms with Crippen molar-refractivity contribution in [1.29, 1.82) is 0 Å². The minimum Gasteiger partial charge on any atom is -0.520 e. The van der Waals surface area contributed by atoms with Crippen LogP contribution < -0.4 is 0 Å². The van der Waals surface area contributed by atoms with Gasteiger partial charge in [-0.05, 0) is 125 Å². The number of rotatable bonds is 28. The number of carbonyl (C=O) groups excluding carboxylic acids is 6. The van der Waals surface area contributed by atoms with Crippen molar-refractivity contribution in [2.45, 2.75) is 127 Å². The van der Waals surface area contributed by atoms with Crippen LogP contribution in [0.3, 0.4) is 0 Å². The number of aliphatic carboxylic acids is 2. The van der Waals surface area contributed by atoms with Crippen LogP contribution in [0.2, 0.25) is 19.6 Å². The van der Waals surface area contributed by atoms with E-state index in [2.05, 4.69) is 72.8 Å². The molecule has 0 unspecified atom stereocenters. The molecule has 2 N–H and O–H groups in total. The maximum atomic E-state index is 12.3. The lowest BCUT2D eigenvalue weighted by Gasteiger charge is -2.20. The third kappa shape index (κ3) is 19.4. The van der Waals surface area contributed by atoms with E-state index in [1.54, 1.807) is 19.0 Å². The number of nitrogens with zero attached hydrogens (tertiary/aromatic N) is 2. The number of esters is 3. The number of hydrogen-bond acceptors (Lipinski definition) is 12. The zero-order chi connectivity index (χ0) is 63.2. The highest BCUT2D eigenvalue weighted by molar-refractivity contribution is 6.71. The number of amides is 2. The topological polar surface area (TPSA) is 220 Å². The highest BCUT2D eigenvalue weighted by Gasteiger charge is 2.32. The molecule has 0 radical (unpaired) electrons. The van der Waals surface area contributed by atoms with Crippen molar-refractivity contribution in [3.05, 3.63) is 179 Å². The molecule has 0 aromatic heterocycles. The molecule has 88 heavy (non-hydrogen) atoms. The van der Waals surface area contributed by atoms with Crippen LogP contribution in [0.4, 0.5) is 0 Å². The molecule has 9 rings (SSSR count). The summed E-state index contributed by atoms with van der Waals surface area (Å²) in [6.07, 6.45) is 5.06. The first-order valence-corrected chi connectivity index (χ1v) is 33.8. The number of fused-ring (bicyclic) bond motifs is 9. The number of carboxylic acid groups (broad SMARTS) is 2. The minimum atomic E-state index is -1.90. The Labute approximate surface area is 517 Å². The van der Waals surface area contributed by atoms with Crippen molar-refractivity contribution >= 4 is 55.9 Å². The Morgan fingerprint density at radius 3 is 0.875 bits per heavy atom. The second-order valence-corrected chi connectivity index (χ2v) is 27.8. The standard InChI is InChI=1S/C27H35NO5Si.C24H27NO5.C20H20O4/c1-28(18-17-27(31)33-34(2,3)4)25(29)15-9-10-16-26(30)32-19-24-22-13-7-5-11-20(22)21-12-6-8-14-23(21)24;1-25(15-14-23(27)28)22(26)12-6-7-13-24(29)30-16-21-19-10-4-2-8-17(19)18-9-3-5-11-20(18)21;21-19(22)11-5-6-12-20(23)24-13-18-16-9-3-1-7-14(16)15-8-2-4-10-17(15)18/h5-8,11-14,24H,9-10,15-19H2,1-4H3;2-5,8-11,21H,6-7,12-16H2,1H3,(H,27,28);1-4,7-10,18H,5-6,11-13H2,(H,21,22). The Morgan fingerprint density at radius 1 is 0.352 bits per heavy atom. The fourth-order valence-electron chi connectivity index (χ4n) is 11.2. The highest BCUT2D eigenvalue weighted by atomic mass is 28.4. The molecule has 0 spiro atoms. The molecule has 0 heterocycles. The molecule has 0 bridgehead atoms. The van der Waals surface area contributed by atoms with E-state index in [-0.39, 0.29) is 98.5 Å². The van der Waals surface area contributed by atoms with E-state index in [0.29, 0.717) is 77.7 Å². The maximum Gasteiger partial charge on any atom is 0.305 e. The molecule has 0 atom stereocenters. The molecule has 2 amide bonds. The Bertz CT molecular complexity index is 3270. The fraction of sp³-hybridized carbons (Fsp3) is 0.380. The third-order valence-electron chi connectivity index (χ3n) is 15.8. The van der Waals surface area contributed by atoms with Gasteiger partial charge in [-0.15, -0.1) is 0 Å². The summed E-state index contributed by atoms with van der Waals surface area (Å²) in [5.41, 5.74) is 14.3. The van der Waals surface area contributed by atoms with Gasteiger partial charge in [-0.1, -0.05) is 146 Å². The predicted molar refractivity (Wildman–Crippen MR) is 339 cm³/mol. The largest absolute Gasteiger partial charge is 0.520 e. The molecular weight excluding hydrogens is 1130 g/mol. The predicted octanol–water partition coefficient (Wildman–Crippen LogP) is 13.0. The molecule has 0 aliphatic heterocycles. The first kappa shape index (κ1) is 66.8. The Kier molecular flexibility index (Phi) is 25.0. The van der Waals surface area contributed by atoms with Crippen LogP contribution in [0.5, 0.6) is 0 Å². The van der Waals surface area contributed by atoms with Crippen molar-refractivity contribution < 1.29 is 67.2 Å². The van der Waals surface area contributed by atoms with Gasteiger partial charge in [-0.25, -0.2) is 0 Å². The Balaban J connectivity index is 0.000000191. The van der Waals surface area contributed by atoms with Gasteiger partial charge >= 0.3 is 29.8 Å². The summed E-state index contributed by atoms with van der Waals surface area (Å²) < 4.78 is 22.0. The second-order valence-electron chi connectivity index (χ2n) is 23.4. The Hall–Kier alpha value is -8.70. The van der Waals surface area contributed by atoms with Crippen molar-refractivity contribution in [3.63, 3.8) is 0 Å². The Morgan fingerprint density at radius 2 is 0.602 bits per heavy atom. The van der Waals surface area contributed by atoms with Gasteiger partial charge < -0.3 is 38.6 Å². The molecule has 6 aromatic carbocycles. The van der Waals surface area contributed by atoms with Gasteiger partial charge in [0.15, 0.2) is 0 Å². The van der Waals surface area contributed by atoms with Crippen LogP contribution in [-0.2, 0) is 57.0 Å². The molecule has 17 heteroatoms. The average Bonchev–Trinajstić information content (AvgIpc) is 1.74. The molecule has 3 aliphatic rings. The monoisotopic (exact) mass is 1210 g/mol. The molecule has 0 saturated heterocycles. The van der Waals surface area contributed by atoms with E-state index in [4.69, 9.17) is 28.8 Å². The number of ether oxygens (including phenoxy) is 3. The van der Waals surface area contributed by atoms with E-state index >= 15 is 0 Å². The van der Waals surface area contributed by atoms with Gasteiger partial charge in [0.05, 0.1) is 12.8 Å². The summed E-state index contributed by atoms with van der Waals surface area (Å²) in [5, 5.41) is 17.3. The maximum absolute atomic E-state index is 12.3. The summed E-state index contributed by atoms with van der Waals surface area (Å²) in [6.45, 7) is 7.36. The summed E-state index contributed by atoms with van der Waals surface area (Å²) in [6, 6.07) is 49.3. The molecule has 0 saturated carbocycles. The van der Waals surface area contributed by atoms with Crippen molar-refractivity contribution in [1.82, 2.24) is 9.80 Å². The number of hydrogen-bond donors (Lipinski definition) is 2. The van der Waals surface area contributed by atoms with Crippen LogP contribution >= 0.6 is 0 Å². The average molecular weight is 1220 g/mol. The molecule has 464 valence electrons. The highest BCUT2D eigenvalue weighted by Crippen LogP contribution is 2.47.